The Morgan fingerprint density at radius 3 is 2.71 bits per heavy atom. The molecule has 2 aliphatic carbocycles. The SMILES string of the molecule is CSC1CCC(NC(=O)CC2(O)CCCC2)C1. The lowest BCUT2D eigenvalue weighted by Crippen LogP contribution is -2.39. The molecule has 2 aliphatic rings. The molecule has 2 atom stereocenters. The Bertz CT molecular complexity index is 277. The van der Waals surface area contributed by atoms with Gasteiger partial charge in [-0.3, -0.25) is 4.79 Å². The Morgan fingerprint density at radius 1 is 1.41 bits per heavy atom. The molecular weight excluding hydrogens is 234 g/mol. The van der Waals surface area contributed by atoms with Crippen LogP contribution in [0.25, 0.3) is 0 Å². The van der Waals surface area contributed by atoms with Gasteiger partial charge in [-0.15, -0.1) is 0 Å². The molecule has 0 bridgehead atoms. The van der Waals surface area contributed by atoms with Crippen molar-refractivity contribution in [2.75, 3.05) is 6.26 Å². The molecule has 17 heavy (non-hydrogen) atoms. The Labute approximate surface area is 108 Å². The normalized spacial score (nSPS) is 31.6. The maximum Gasteiger partial charge on any atom is 0.223 e. The van der Waals surface area contributed by atoms with Crippen LogP contribution >= 0.6 is 11.8 Å². The van der Waals surface area contributed by atoms with Gasteiger partial charge in [0.05, 0.1) is 12.0 Å². The molecule has 3 nitrogen and oxygen atoms in total. The summed E-state index contributed by atoms with van der Waals surface area (Å²) in [6.45, 7) is 0. The fraction of sp³-hybridized carbons (Fsp3) is 0.923. The monoisotopic (exact) mass is 257 g/mol. The van der Waals surface area contributed by atoms with Crippen molar-refractivity contribution in [2.24, 2.45) is 0 Å². The van der Waals surface area contributed by atoms with Crippen molar-refractivity contribution >= 4 is 17.7 Å². The first-order valence-electron chi connectivity index (χ1n) is 6.66. The molecule has 98 valence electrons. The molecule has 2 fully saturated rings. The van der Waals surface area contributed by atoms with Gasteiger partial charge >= 0.3 is 0 Å². The quantitative estimate of drug-likeness (QED) is 0.810. The molecule has 0 heterocycles. The van der Waals surface area contributed by atoms with Crippen molar-refractivity contribution in [2.45, 2.75) is 68.3 Å². The van der Waals surface area contributed by atoms with Crippen LogP contribution in [0.3, 0.4) is 0 Å². The summed E-state index contributed by atoms with van der Waals surface area (Å²) in [6, 6.07) is 0.338. The van der Waals surface area contributed by atoms with Crippen molar-refractivity contribution in [1.29, 1.82) is 0 Å². The first-order valence-corrected chi connectivity index (χ1v) is 7.95. The topological polar surface area (TPSA) is 49.3 Å². The second-order valence-electron chi connectivity index (χ2n) is 5.54. The molecular formula is C13H23NO2S. The smallest absolute Gasteiger partial charge is 0.223 e. The van der Waals surface area contributed by atoms with Gasteiger partial charge in [-0.05, 0) is 38.4 Å². The zero-order valence-electron chi connectivity index (χ0n) is 10.6. The number of thioether (sulfide) groups is 1. The van der Waals surface area contributed by atoms with E-state index in [-0.39, 0.29) is 5.91 Å². The highest BCUT2D eigenvalue weighted by Gasteiger charge is 2.34. The molecule has 2 N–H and O–H groups in total. The fourth-order valence-electron chi connectivity index (χ4n) is 3.07. The van der Waals surface area contributed by atoms with Crippen LogP contribution in [0.1, 0.15) is 51.4 Å². The van der Waals surface area contributed by atoms with Crippen molar-refractivity contribution < 1.29 is 9.90 Å². The predicted octanol–water partition coefficient (Wildman–Crippen LogP) is 2.08. The third-order valence-electron chi connectivity index (χ3n) is 4.11. The summed E-state index contributed by atoms with van der Waals surface area (Å²) in [5.41, 5.74) is -0.707. The Hall–Kier alpha value is -0.220. The van der Waals surface area contributed by atoms with Gasteiger partial charge in [0.1, 0.15) is 0 Å². The molecule has 0 spiro atoms. The van der Waals surface area contributed by atoms with Gasteiger partial charge in [0.25, 0.3) is 0 Å². The minimum absolute atomic E-state index is 0.0427. The van der Waals surface area contributed by atoms with Crippen LogP contribution < -0.4 is 5.32 Å². The average Bonchev–Trinajstić information content (AvgIpc) is 2.87. The highest BCUT2D eigenvalue weighted by atomic mass is 32.2. The Kier molecular flexibility index (Phi) is 4.36. The van der Waals surface area contributed by atoms with Gasteiger partial charge < -0.3 is 10.4 Å². The first kappa shape index (κ1) is 13.2. The van der Waals surface area contributed by atoms with Gasteiger partial charge in [0.15, 0.2) is 0 Å². The van der Waals surface area contributed by atoms with E-state index in [0.717, 1.165) is 38.5 Å². The zero-order chi connectivity index (χ0) is 12.3. The summed E-state index contributed by atoms with van der Waals surface area (Å²) in [5, 5.41) is 14.0. The number of nitrogens with one attached hydrogen (secondary N) is 1. The molecule has 4 heteroatoms. The lowest BCUT2D eigenvalue weighted by Gasteiger charge is -2.22. The van der Waals surface area contributed by atoms with Crippen LogP contribution in [0, 0.1) is 0 Å². The average molecular weight is 257 g/mol. The molecule has 2 saturated carbocycles. The van der Waals surface area contributed by atoms with E-state index in [9.17, 15) is 9.90 Å². The summed E-state index contributed by atoms with van der Waals surface area (Å²) in [4.78, 5) is 11.9. The number of carbonyl (C=O) groups excluding carboxylic acids is 1. The number of aliphatic hydroxyl groups is 1. The molecule has 0 saturated heterocycles. The molecule has 0 radical (unpaired) electrons. The molecule has 1 amide bonds. The summed E-state index contributed by atoms with van der Waals surface area (Å²) < 4.78 is 0. The van der Waals surface area contributed by atoms with Gasteiger partial charge in [0.2, 0.25) is 5.91 Å². The van der Waals surface area contributed by atoms with Crippen molar-refractivity contribution in [3.8, 4) is 0 Å². The highest BCUT2D eigenvalue weighted by molar-refractivity contribution is 7.99. The summed E-state index contributed by atoms with van der Waals surface area (Å²) in [7, 11) is 0. The zero-order valence-corrected chi connectivity index (χ0v) is 11.4. The highest BCUT2D eigenvalue weighted by Crippen LogP contribution is 2.33. The van der Waals surface area contributed by atoms with Crippen molar-refractivity contribution in [3.05, 3.63) is 0 Å². The van der Waals surface area contributed by atoms with E-state index in [0.29, 0.717) is 17.7 Å². The summed E-state index contributed by atoms with van der Waals surface area (Å²) in [5.74, 6) is 0.0427. The number of hydrogen-bond donors (Lipinski definition) is 2. The number of carbonyl (C=O) groups is 1. The minimum Gasteiger partial charge on any atom is -0.389 e. The molecule has 0 aromatic carbocycles. The van der Waals surface area contributed by atoms with E-state index in [1.165, 1.54) is 6.42 Å². The van der Waals surface area contributed by atoms with E-state index in [1.807, 2.05) is 11.8 Å². The molecule has 0 aromatic heterocycles. The van der Waals surface area contributed by atoms with E-state index < -0.39 is 5.60 Å². The molecule has 0 aliphatic heterocycles. The second kappa shape index (κ2) is 5.61. The summed E-state index contributed by atoms with van der Waals surface area (Å²) >= 11 is 1.89. The lowest BCUT2D eigenvalue weighted by atomic mass is 9.97. The molecule has 2 unspecified atom stereocenters. The summed E-state index contributed by atoms with van der Waals surface area (Å²) in [6.07, 6.45) is 9.52. The van der Waals surface area contributed by atoms with Crippen LogP contribution in [0.4, 0.5) is 0 Å². The van der Waals surface area contributed by atoms with E-state index >= 15 is 0 Å². The maximum atomic E-state index is 11.9. The third-order valence-corrected chi connectivity index (χ3v) is 5.20. The van der Waals surface area contributed by atoms with Crippen molar-refractivity contribution in [3.63, 3.8) is 0 Å². The maximum absolute atomic E-state index is 11.9. The van der Waals surface area contributed by atoms with Gasteiger partial charge in [-0.25, -0.2) is 0 Å². The van der Waals surface area contributed by atoms with Crippen LogP contribution in [0.15, 0.2) is 0 Å². The van der Waals surface area contributed by atoms with E-state index in [1.54, 1.807) is 0 Å². The van der Waals surface area contributed by atoms with E-state index in [2.05, 4.69) is 11.6 Å². The van der Waals surface area contributed by atoms with Crippen LogP contribution in [0.2, 0.25) is 0 Å². The van der Waals surface area contributed by atoms with E-state index in [4.69, 9.17) is 0 Å². The van der Waals surface area contributed by atoms with Gasteiger partial charge in [-0.1, -0.05) is 12.8 Å². The molecule has 0 aromatic rings. The van der Waals surface area contributed by atoms with Crippen LogP contribution in [-0.2, 0) is 4.79 Å². The Morgan fingerprint density at radius 2 is 2.12 bits per heavy atom. The van der Waals surface area contributed by atoms with Crippen LogP contribution in [-0.4, -0.2) is 34.2 Å². The predicted molar refractivity (Wildman–Crippen MR) is 71.1 cm³/mol. The molecule has 2 rings (SSSR count). The van der Waals surface area contributed by atoms with Crippen molar-refractivity contribution in [1.82, 2.24) is 5.32 Å². The second-order valence-corrected chi connectivity index (χ2v) is 6.68. The minimum atomic E-state index is -0.707. The van der Waals surface area contributed by atoms with Crippen LogP contribution in [0.5, 0.6) is 0 Å². The fourth-order valence-corrected chi connectivity index (χ4v) is 3.87. The Balaban J connectivity index is 1.74. The number of rotatable bonds is 4. The first-order chi connectivity index (χ1) is 8.11. The van der Waals surface area contributed by atoms with Gasteiger partial charge in [0, 0.05) is 11.3 Å². The standard InChI is InChI=1S/C13H23NO2S/c1-17-11-5-4-10(8-11)14-12(15)9-13(16)6-2-3-7-13/h10-11,16H,2-9H2,1H3,(H,14,15). The largest absolute Gasteiger partial charge is 0.389 e. The number of hydrogen-bond acceptors (Lipinski definition) is 3. The third kappa shape index (κ3) is 3.62. The lowest BCUT2D eigenvalue weighted by molar-refractivity contribution is -0.126. The van der Waals surface area contributed by atoms with Gasteiger partial charge in [-0.2, -0.15) is 11.8 Å². The number of amides is 1.